The van der Waals surface area contributed by atoms with Gasteiger partial charge in [-0.05, 0) is 151 Å². The fourth-order valence-corrected chi connectivity index (χ4v) is 13.9. The molecule has 0 aliphatic carbocycles. The summed E-state index contributed by atoms with van der Waals surface area (Å²) in [5.41, 5.74) is 0. The summed E-state index contributed by atoms with van der Waals surface area (Å²) in [4.78, 5) is 290. The number of ketones is 19. The largest absolute Gasteiger partial charge is 0.381 e. The Morgan fingerprint density at radius 3 is 0.520 bits per heavy atom. The fraction of sp³-hybridized carbons (Fsp3) is 0.776. The van der Waals surface area contributed by atoms with E-state index in [2.05, 4.69) is 26.6 Å². The molecule has 0 saturated heterocycles. The van der Waals surface area contributed by atoms with Crippen molar-refractivity contribution in [3.05, 3.63) is 0 Å². The van der Waals surface area contributed by atoms with Crippen LogP contribution in [0.1, 0.15) is 306 Å². The first-order valence-electron chi connectivity index (χ1n) is 53.3. The van der Waals surface area contributed by atoms with Gasteiger partial charge in [0.25, 0.3) is 0 Å². The minimum atomic E-state index is -0.434. The summed E-state index contributed by atoms with van der Waals surface area (Å²) in [6, 6.07) is 0. The number of hydrogen-bond acceptors (Lipinski definition) is 38. The minimum absolute atomic E-state index is 0.0458. The number of hydrogen-bond donors (Lipinski definition) is 5. The van der Waals surface area contributed by atoms with Gasteiger partial charge in [-0.15, -0.1) is 0 Å². The Kier molecular flexibility index (Phi) is 98.9. The number of ether oxygens (including phenoxy) is 11. The molecule has 0 saturated carbocycles. The smallest absolute Gasteiger partial charge is 0.234 e. The molecular formula is C107H180N8O35. The summed E-state index contributed by atoms with van der Waals surface area (Å²) < 4.78 is 59.9. The average molecular weight is 2140 g/mol. The molecule has 0 bridgehead atoms. The molecule has 0 atom stereocenters. The van der Waals surface area contributed by atoms with Gasteiger partial charge in [-0.2, -0.15) is 0 Å². The molecule has 0 rings (SSSR count). The zero-order chi connectivity index (χ0) is 112. The summed E-state index contributed by atoms with van der Waals surface area (Å²) in [6.07, 6.45) is 12.5. The molecule has 43 nitrogen and oxygen atoms in total. The second-order valence-electron chi connectivity index (χ2n) is 36.8. The van der Waals surface area contributed by atoms with E-state index in [9.17, 15) is 115 Å². The molecule has 858 valence electrons. The number of carbonyl (C=O) groups excluding carboxylic acids is 24. The Hall–Kier alpha value is -9.48. The SMILES string of the molecule is CCCOCCCC(=O)CCOCCNC(=O)CN(CC(=O)CCCOCCCC(=O)CC(C)=O)CC(=O)CCCOCCCC(=O)CC(C)=O.CCCOCCCNC(=O)CC(=O)NCCOCCNC(=O)CN(CC(=O)CCCOCCCC(=O)CC(C)=O)CC(=O)CCCOCCCC(=O)CC(C)=O.CCCOCCNC(=O)CN(CC(=O)CCCOCCCC(=O)CC(C)=O)CC(=O)CCCOCCCC(=O)CC(C)=O. The van der Waals surface area contributed by atoms with Crippen LogP contribution in [0, 0.1) is 0 Å². The lowest BCUT2D eigenvalue weighted by molar-refractivity contribution is -0.130. The quantitative estimate of drug-likeness (QED) is 0.0323. The molecule has 150 heavy (non-hydrogen) atoms. The molecule has 5 amide bonds. The molecule has 5 N–H and O–H groups in total. The van der Waals surface area contributed by atoms with Gasteiger partial charge in [0.05, 0.1) is 130 Å². The number of nitrogens with zero attached hydrogens (tertiary/aromatic N) is 3. The minimum Gasteiger partial charge on any atom is -0.381 e. The van der Waals surface area contributed by atoms with E-state index in [0.717, 1.165) is 19.3 Å². The Morgan fingerprint density at radius 2 is 0.313 bits per heavy atom. The van der Waals surface area contributed by atoms with E-state index in [0.29, 0.717) is 228 Å². The monoisotopic (exact) mass is 2140 g/mol. The van der Waals surface area contributed by atoms with Crippen molar-refractivity contribution >= 4 is 139 Å². The van der Waals surface area contributed by atoms with E-state index >= 15 is 0 Å². The Labute approximate surface area is 887 Å². The predicted octanol–water partition coefficient (Wildman–Crippen LogP) is 6.44. The predicted molar refractivity (Wildman–Crippen MR) is 555 cm³/mol. The number of carbonyl (C=O) groups is 24. The summed E-state index contributed by atoms with van der Waals surface area (Å²) in [6.45, 7) is 22.8. The van der Waals surface area contributed by atoms with Crippen LogP contribution < -0.4 is 26.6 Å². The Balaban J connectivity index is -0.00000218. The van der Waals surface area contributed by atoms with Crippen LogP contribution in [0.2, 0.25) is 0 Å². The number of amides is 5. The van der Waals surface area contributed by atoms with Crippen LogP contribution >= 0.6 is 0 Å². The molecular weight excluding hydrogens is 1960 g/mol. The summed E-state index contributed by atoms with van der Waals surface area (Å²) in [5, 5.41) is 13.4. The van der Waals surface area contributed by atoms with Crippen LogP contribution in [0.4, 0.5) is 0 Å². The van der Waals surface area contributed by atoms with Gasteiger partial charge in [0.2, 0.25) is 29.5 Å². The molecule has 0 aliphatic heterocycles. The van der Waals surface area contributed by atoms with Gasteiger partial charge in [0, 0.05) is 235 Å². The standard InChI is InChI=1S/C39H66N4O13.C37H62N2O12.C31H52N2O10/c1-4-17-53-22-9-14-40-37(50)27-38(51)41-15-23-56-24-16-42-39(52)30-43(28-35(48)12-7-20-54-18-5-10-33(46)25-31(2)44)29-36(49)13-8-21-55-19-6-11-34(47)26-32(3)45;1-4-17-48-18-5-10-32(42)15-23-51-24-16-38-37(47)29-39(27-35(45)13-8-21-49-19-6-11-33(43)25-30(2)40)28-36(46)14-9-22-50-20-7-12-34(44)26-31(3)41;1-4-14-41-19-13-32-31(40)24-33(22-29(38)11-7-17-42-15-5-9-27(36)20-25(2)34)23-30(39)12-8-18-43-16-6-10-28(37)21-26(3)35/h4-30H2,1-3H3,(H,40,50)(H,41,51)(H,42,52);4-29H2,1-3H3,(H,38,47);4-24H2,1-3H3,(H,32,40). The van der Waals surface area contributed by atoms with E-state index in [1.165, 1.54) is 56.2 Å². The normalized spacial score (nSPS) is 11.0. The molecule has 0 fully saturated rings. The van der Waals surface area contributed by atoms with Gasteiger partial charge in [-0.3, -0.25) is 130 Å². The lowest BCUT2D eigenvalue weighted by atomic mass is 10.1. The third-order valence-electron chi connectivity index (χ3n) is 20.8. The third kappa shape index (κ3) is 108. The molecule has 0 aromatic rings. The van der Waals surface area contributed by atoms with Crippen molar-refractivity contribution in [3.8, 4) is 0 Å². The van der Waals surface area contributed by atoms with Crippen molar-refractivity contribution in [1.29, 1.82) is 0 Å². The summed E-state index contributed by atoms with van der Waals surface area (Å²) >= 11 is 0. The highest BCUT2D eigenvalue weighted by atomic mass is 16.5. The van der Waals surface area contributed by atoms with Crippen molar-refractivity contribution in [2.45, 2.75) is 306 Å². The van der Waals surface area contributed by atoms with Gasteiger partial charge in [0.15, 0.2) is 0 Å². The van der Waals surface area contributed by atoms with Gasteiger partial charge in [0.1, 0.15) is 116 Å². The maximum atomic E-state index is 12.8. The summed E-state index contributed by atoms with van der Waals surface area (Å²) in [5.74, 6) is -4.40. The second-order valence-corrected chi connectivity index (χ2v) is 36.8. The topological polar surface area (TPSA) is 581 Å². The van der Waals surface area contributed by atoms with Crippen LogP contribution in [0.5, 0.6) is 0 Å². The molecule has 0 unspecified atom stereocenters. The van der Waals surface area contributed by atoms with Crippen LogP contribution in [0.3, 0.4) is 0 Å². The lowest BCUT2D eigenvalue weighted by Crippen LogP contribution is -2.43. The highest BCUT2D eigenvalue weighted by Crippen LogP contribution is 2.11. The molecule has 43 heteroatoms. The van der Waals surface area contributed by atoms with E-state index in [1.807, 2.05) is 20.8 Å². The average Bonchev–Trinajstić information content (AvgIpc) is 0.926. The first-order valence-corrected chi connectivity index (χ1v) is 53.3. The van der Waals surface area contributed by atoms with E-state index in [1.54, 1.807) is 0 Å². The molecule has 0 aliphatic rings. The van der Waals surface area contributed by atoms with Crippen molar-refractivity contribution < 1.29 is 167 Å². The van der Waals surface area contributed by atoms with Crippen molar-refractivity contribution in [3.63, 3.8) is 0 Å². The van der Waals surface area contributed by atoms with Crippen LogP contribution in [0.25, 0.3) is 0 Å². The van der Waals surface area contributed by atoms with Gasteiger partial charge in [-0.25, -0.2) is 0 Å². The van der Waals surface area contributed by atoms with Crippen LogP contribution in [-0.2, 0) is 167 Å². The van der Waals surface area contributed by atoms with Crippen LogP contribution in [0.15, 0.2) is 0 Å². The number of Topliss-reactive ketones (excluding diaryl/α,β-unsaturated/α-hetero) is 19. The van der Waals surface area contributed by atoms with Crippen LogP contribution in [-0.4, -0.2) is 391 Å². The van der Waals surface area contributed by atoms with E-state index < -0.39 is 11.8 Å². The molecule has 0 aromatic heterocycles. The molecule has 0 radical (unpaired) electrons. The third-order valence-corrected chi connectivity index (χ3v) is 20.8. The number of nitrogens with one attached hydrogen (secondary N) is 5. The van der Waals surface area contributed by atoms with Gasteiger partial charge < -0.3 is 78.7 Å². The fourth-order valence-electron chi connectivity index (χ4n) is 13.9. The zero-order valence-electron chi connectivity index (χ0n) is 91.5. The highest BCUT2D eigenvalue weighted by Gasteiger charge is 2.24. The molecule has 0 spiro atoms. The highest BCUT2D eigenvalue weighted by molar-refractivity contribution is 6.01. The van der Waals surface area contributed by atoms with Crippen molar-refractivity contribution in [2.75, 3.05) is 237 Å². The molecule has 0 aromatic carbocycles. The van der Waals surface area contributed by atoms with Crippen molar-refractivity contribution in [2.24, 2.45) is 0 Å². The first kappa shape index (κ1) is 145. The Morgan fingerprint density at radius 1 is 0.153 bits per heavy atom. The van der Waals surface area contributed by atoms with E-state index in [-0.39, 0.29) is 361 Å². The van der Waals surface area contributed by atoms with Gasteiger partial charge >= 0.3 is 0 Å². The second kappa shape index (κ2) is 103. The maximum Gasteiger partial charge on any atom is 0.234 e. The molecule has 0 heterocycles. The van der Waals surface area contributed by atoms with Crippen molar-refractivity contribution in [1.82, 2.24) is 41.3 Å². The summed E-state index contributed by atoms with van der Waals surface area (Å²) in [7, 11) is 0. The zero-order valence-corrected chi connectivity index (χ0v) is 91.5. The van der Waals surface area contributed by atoms with Gasteiger partial charge in [-0.1, -0.05) is 20.8 Å². The maximum absolute atomic E-state index is 12.8. The Bertz CT molecular complexity index is 3750. The van der Waals surface area contributed by atoms with E-state index in [4.69, 9.17) is 52.1 Å². The number of rotatable bonds is 109. The first-order chi connectivity index (χ1) is 71.8. The lowest BCUT2D eigenvalue weighted by Gasteiger charge is -2.20.